The van der Waals surface area contributed by atoms with Crippen LogP contribution >= 0.6 is 11.3 Å². The molecule has 0 radical (unpaired) electrons. The Bertz CT molecular complexity index is 1170. The van der Waals surface area contributed by atoms with Crippen molar-refractivity contribution in [1.29, 1.82) is 0 Å². The SMILES string of the molecule is CCC(C)CN(CC(=O)N1CCc2sccc2C1COc1cccc(F)c1)C(=O)Cc1ccccc1. The van der Waals surface area contributed by atoms with E-state index in [0.717, 1.165) is 24.0 Å². The topological polar surface area (TPSA) is 49.9 Å². The molecule has 1 aromatic heterocycles. The van der Waals surface area contributed by atoms with Gasteiger partial charge in [-0.15, -0.1) is 11.3 Å². The molecule has 3 aromatic rings. The molecule has 1 aliphatic heterocycles. The van der Waals surface area contributed by atoms with Crippen molar-refractivity contribution in [2.75, 3.05) is 26.2 Å². The third-order valence-corrected chi connectivity index (χ3v) is 7.72. The van der Waals surface area contributed by atoms with Crippen LogP contribution in [0.2, 0.25) is 0 Å². The summed E-state index contributed by atoms with van der Waals surface area (Å²) in [4.78, 5) is 31.7. The zero-order valence-electron chi connectivity index (χ0n) is 20.9. The van der Waals surface area contributed by atoms with Gasteiger partial charge in [0.2, 0.25) is 11.8 Å². The standard InChI is InChI=1S/C29H33FN2O3S/c1-3-21(2)18-31(28(33)16-22-8-5-4-6-9-22)19-29(34)32-14-12-27-25(13-15-36-27)26(32)20-35-24-11-7-10-23(30)17-24/h4-11,13,15,17,21,26H,3,12,14,16,18-20H2,1-2H3. The number of benzene rings is 2. The fourth-order valence-electron chi connectivity index (χ4n) is 4.50. The maximum Gasteiger partial charge on any atom is 0.242 e. The second-order valence-electron chi connectivity index (χ2n) is 9.37. The van der Waals surface area contributed by atoms with Gasteiger partial charge in [0.05, 0.1) is 19.0 Å². The smallest absolute Gasteiger partial charge is 0.242 e. The van der Waals surface area contributed by atoms with Crippen LogP contribution in [0.1, 0.15) is 42.3 Å². The van der Waals surface area contributed by atoms with Crippen LogP contribution in [0.25, 0.3) is 0 Å². The average Bonchev–Trinajstić information content (AvgIpc) is 3.36. The molecule has 2 amide bonds. The van der Waals surface area contributed by atoms with Crippen molar-refractivity contribution in [2.24, 2.45) is 5.92 Å². The predicted octanol–water partition coefficient (Wildman–Crippen LogP) is 5.51. The first-order valence-electron chi connectivity index (χ1n) is 12.5. The summed E-state index contributed by atoms with van der Waals surface area (Å²) in [5, 5.41) is 2.03. The zero-order valence-corrected chi connectivity index (χ0v) is 21.7. The van der Waals surface area contributed by atoms with Gasteiger partial charge in [0.1, 0.15) is 18.2 Å². The van der Waals surface area contributed by atoms with Gasteiger partial charge in [-0.05, 0) is 47.0 Å². The number of ether oxygens (including phenoxy) is 1. The molecule has 0 spiro atoms. The third-order valence-electron chi connectivity index (χ3n) is 6.73. The normalized spacial score (nSPS) is 15.8. The molecule has 0 fully saturated rings. The van der Waals surface area contributed by atoms with Crippen LogP contribution in [0.15, 0.2) is 66.0 Å². The summed E-state index contributed by atoms with van der Waals surface area (Å²) >= 11 is 1.68. The van der Waals surface area contributed by atoms with Crippen molar-refractivity contribution in [3.63, 3.8) is 0 Å². The van der Waals surface area contributed by atoms with E-state index in [1.807, 2.05) is 46.7 Å². The van der Waals surface area contributed by atoms with Crippen molar-refractivity contribution in [3.8, 4) is 5.75 Å². The molecule has 0 saturated heterocycles. The highest BCUT2D eigenvalue weighted by Crippen LogP contribution is 2.34. The van der Waals surface area contributed by atoms with Gasteiger partial charge < -0.3 is 14.5 Å². The molecular weight excluding hydrogens is 475 g/mol. The van der Waals surface area contributed by atoms with Gasteiger partial charge in [-0.1, -0.05) is 56.7 Å². The van der Waals surface area contributed by atoms with Gasteiger partial charge in [-0.2, -0.15) is 0 Å². The van der Waals surface area contributed by atoms with Gasteiger partial charge in [-0.25, -0.2) is 4.39 Å². The van der Waals surface area contributed by atoms with E-state index in [4.69, 9.17) is 4.74 Å². The Balaban J connectivity index is 1.50. The Hall–Kier alpha value is -3.19. The summed E-state index contributed by atoms with van der Waals surface area (Å²) in [6, 6.07) is 17.4. The minimum Gasteiger partial charge on any atom is -0.491 e. The summed E-state index contributed by atoms with van der Waals surface area (Å²) in [5.41, 5.74) is 2.01. The number of thiophene rings is 1. The highest BCUT2D eigenvalue weighted by Gasteiger charge is 2.33. The molecule has 190 valence electrons. The molecule has 0 bridgehead atoms. The zero-order chi connectivity index (χ0) is 25.5. The third kappa shape index (κ3) is 6.52. The lowest BCUT2D eigenvalue weighted by Gasteiger charge is -2.37. The Labute approximate surface area is 216 Å². The number of carbonyl (C=O) groups excluding carboxylic acids is 2. The van der Waals surface area contributed by atoms with E-state index in [1.165, 1.54) is 17.0 Å². The van der Waals surface area contributed by atoms with Crippen LogP contribution in [-0.4, -0.2) is 47.9 Å². The molecule has 2 aromatic carbocycles. The van der Waals surface area contributed by atoms with Crippen LogP contribution in [0.5, 0.6) is 5.75 Å². The maximum atomic E-state index is 13.7. The van der Waals surface area contributed by atoms with Gasteiger partial charge in [0, 0.05) is 24.0 Å². The van der Waals surface area contributed by atoms with Gasteiger partial charge in [0.25, 0.3) is 0 Å². The summed E-state index contributed by atoms with van der Waals surface area (Å²) in [6.07, 6.45) is 1.97. The molecule has 7 heteroatoms. The predicted molar refractivity (Wildman–Crippen MR) is 141 cm³/mol. The van der Waals surface area contributed by atoms with E-state index < -0.39 is 0 Å². The minimum absolute atomic E-state index is 0.0337. The van der Waals surface area contributed by atoms with Crippen molar-refractivity contribution in [2.45, 2.75) is 39.2 Å². The van der Waals surface area contributed by atoms with Gasteiger partial charge in [-0.3, -0.25) is 9.59 Å². The molecule has 2 unspecified atom stereocenters. The van der Waals surface area contributed by atoms with Crippen LogP contribution in [-0.2, 0) is 22.4 Å². The van der Waals surface area contributed by atoms with E-state index in [-0.39, 0.29) is 49.2 Å². The van der Waals surface area contributed by atoms with Crippen LogP contribution in [0, 0.1) is 11.7 Å². The minimum atomic E-state index is -0.363. The number of fused-ring (bicyclic) bond motifs is 1. The van der Waals surface area contributed by atoms with Crippen molar-refractivity contribution >= 4 is 23.2 Å². The number of carbonyl (C=O) groups is 2. The molecule has 1 aliphatic rings. The number of hydrogen-bond acceptors (Lipinski definition) is 4. The van der Waals surface area contributed by atoms with Gasteiger partial charge >= 0.3 is 0 Å². The first-order chi connectivity index (χ1) is 17.4. The summed E-state index contributed by atoms with van der Waals surface area (Å²) in [5.74, 6) is 0.216. The average molecular weight is 509 g/mol. The molecule has 5 nitrogen and oxygen atoms in total. The Kier molecular flexibility index (Phi) is 8.75. The van der Waals surface area contributed by atoms with E-state index in [0.29, 0.717) is 18.8 Å². The highest BCUT2D eigenvalue weighted by atomic mass is 32.1. The molecule has 0 aliphatic carbocycles. The van der Waals surface area contributed by atoms with Crippen molar-refractivity contribution in [1.82, 2.24) is 9.80 Å². The second-order valence-corrected chi connectivity index (χ2v) is 10.4. The quantitative estimate of drug-likeness (QED) is 0.363. The summed E-state index contributed by atoms with van der Waals surface area (Å²) in [6.45, 7) is 5.55. The first kappa shape index (κ1) is 25.9. The van der Waals surface area contributed by atoms with Crippen molar-refractivity contribution in [3.05, 3.63) is 87.9 Å². The largest absolute Gasteiger partial charge is 0.491 e. The Morgan fingerprint density at radius 1 is 1.17 bits per heavy atom. The summed E-state index contributed by atoms with van der Waals surface area (Å²) in [7, 11) is 0. The lowest BCUT2D eigenvalue weighted by molar-refractivity contribution is -0.143. The molecule has 2 atom stereocenters. The molecule has 2 heterocycles. The summed E-state index contributed by atoms with van der Waals surface area (Å²) < 4.78 is 19.6. The maximum absolute atomic E-state index is 13.7. The lowest BCUT2D eigenvalue weighted by Crippen LogP contribution is -2.48. The lowest BCUT2D eigenvalue weighted by atomic mass is 10.00. The molecule has 0 saturated carbocycles. The van der Waals surface area contributed by atoms with E-state index in [1.54, 1.807) is 28.4 Å². The van der Waals surface area contributed by atoms with Crippen LogP contribution in [0.3, 0.4) is 0 Å². The molecular formula is C29H33FN2O3S. The number of nitrogens with zero attached hydrogens (tertiary/aromatic N) is 2. The molecule has 36 heavy (non-hydrogen) atoms. The number of amides is 2. The fourth-order valence-corrected chi connectivity index (χ4v) is 5.43. The monoisotopic (exact) mass is 508 g/mol. The van der Waals surface area contributed by atoms with E-state index in [9.17, 15) is 14.0 Å². The fraction of sp³-hybridized carbons (Fsp3) is 0.379. The second kappa shape index (κ2) is 12.2. The Morgan fingerprint density at radius 2 is 1.97 bits per heavy atom. The van der Waals surface area contributed by atoms with Crippen LogP contribution in [0.4, 0.5) is 4.39 Å². The first-order valence-corrected chi connectivity index (χ1v) is 13.4. The van der Waals surface area contributed by atoms with Gasteiger partial charge in [0.15, 0.2) is 0 Å². The van der Waals surface area contributed by atoms with E-state index >= 15 is 0 Å². The number of halogens is 1. The molecule has 4 rings (SSSR count). The number of hydrogen-bond donors (Lipinski definition) is 0. The number of rotatable bonds is 10. The van der Waals surface area contributed by atoms with Crippen LogP contribution < -0.4 is 4.74 Å². The highest BCUT2D eigenvalue weighted by molar-refractivity contribution is 7.10. The van der Waals surface area contributed by atoms with Crippen molar-refractivity contribution < 1.29 is 18.7 Å². The van der Waals surface area contributed by atoms with E-state index in [2.05, 4.69) is 13.8 Å². The Morgan fingerprint density at radius 3 is 2.72 bits per heavy atom. The molecule has 0 N–H and O–H groups in total.